The molecule has 86 valence electrons. The van der Waals surface area contributed by atoms with E-state index in [0.29, 0.717) is 4.34 Å². The fourth-order valence-electron chi connectivity index (χ4n) is 1.03. The number of rotatable bonds is 2. The highest BCUT2D eigenvalue weighted by atomic mass is 35.5. The lowest BCUT2D eigenvalue weighted by atomic mass is 10.1. The van der Waals surface area contributed by atoms with E-state index < -0.39 is 0 Å². The van der Waals surface area contributed by atoms with E-state index in [9.17, 15) is 0 Å². The topological polar surface area (TPSA) is 56.5 Å². The van der Waals surface area contributed by atoms with Crippen molar-refractivity contribution in [2.45, 2.75) is 35.8 Å². The number of nitrogens with zero attached hydrogens (tertiary/aromatic N) is 5. The smallest absolute Gasteiger partial charge is 0.216 e. The second-order valence-electron chi connectivity index (χ2n) is 4.08. The minimum absolute atomic E-state index is 0.146. The van der Waals surface area contributed by atoms with Gasteiger partial charge in [0.05, 0.1) is 11.7 Å². The number of thiazole rings is 1. The van der Waals surface area contributed by atoms with Crippen LogP contribution < -0.4 is 0 Å². The van der Waals surface area contributed by atoms with Crippen LogP contribution in [0.4, 0.5) is 0 Å². The molecule has 0 fully saturated rings. The zero-order valence-corrected chi connectivity index (χ0v) is 11.4. The SMILES string of the molecule is CC(C)(C)n1nnnc1Sc1ncc(Cl)s1. The van der Waals surface area contributed by atoms with Gasteiger partial charge in [-0.3, -0.25) is 0 Å². The Morgan fingerprint density at radius 2 is 2.19 bits per heavy atom. The summed E-state index contributed by atoms with van der Waals surface area (Å²) in [6.45, 7) is 6.13. The predicted molar refractivity (Wildman–Crippen MR) is 64.1 cm³/mol. The molecule has 0 spiro atoms. The van der Waals surface area contributed by atoms with Gasteiger partial charge in [-0.05, 0) is 43.0 Å². The molecule has 2 aromatic heterocycles. The second kappa shape index (κ2) is 4.31. The lowest BCUT2D eigenvalue weighted by molar-refractivity contribution is 0.321. The molecule has 0 saturated heterocycles. The maximum absolute atomic E-state index is 5.81. The molecule has 0 radical (unpaired) electrons. The van der Waals surface area contributed by atoms with Gasteiger partial charge in [-0.25, -0.2) is 9.67 Å². The van der Waals surface area contributed by atoms with Crippen molar-refractivity contribution >= 4 is 34.7 Å². The van der Waals surface area contributed by atoms with Crippen LogP contribution in [0.25, 0.3) is 0 Å². The van der Waals surface area contributed by atoms with E-state index in [1.165, 1.54) is 23.1 Å². The van der Waals surface area contributed by atoms with E-state index >= 15 is 0 Å². The summed E-state index contributed by atoms with van der Waals surface area (Å²) in [5, 5.41) is 12.3. The Hall–Kier alpha value is -0.660. The molecular formula is C8H10ClN5S2. The van der Waals surface area contributed by atoms with Gasteiger partial charge < -0.3 is 0 Å². The Kier molecular flexibility index (Phi) is 3.18. The molecule has 16 heavy (non-hydrogen) atoms. The van der Waals surface area contributed by atoms with Crippen molar-refractivity contribution in [2.24, 2.45) is 0 Å². The summed E-state index contributed by atoms with van der Waals surface area (Å²) in [4.78, 5) is 4.15. The number of hydrogen-bond donors (Lipinski definition) is 0. The Labute approximate surface area is 106 Å². The molecule has 0 amide bonds. The number of halogens is 1. The van der Waals surface area contributed by atoms with Crippen LogP contribution in [0.1, 0.15) is 20.8 Å². The zero-order valence-electron chi connectivity index (χ0n) is 9.01. The maximum Gasteiger partial charge on any atom is 0.216 e. The molecule has 0 bridgehead atoms. The molecule has 5 nitrogen and oxygen atoms in total. The van der Waals surface area contributed by atoms with Gasteiger partial charge in [0.25, 0.3) is 0 Å². The largest absolute Gasteiger partial charge is 0.236 e. The van der Waals surface area contributed by atoms with Gasteiger partial charge in [0.15, 0.2) is 4.34 Å². The van der Waals surface area contributed by atoms with Gasteiger partial charge in [-0.1, -0.05) is 22.9 Å². The fourth-order valence-corrected chi connectivity index (χ4v) is 3.21. The maximum atomic E-state index is 5.81. The van der Waals surface area contributed by atoms with Crippen molar-refractivity contribution in [3.05, 3.63) is 10.5 Å². The third-order valence-electron chi connectivity index (χ3n) is 1.71. The summed E-state index contributed by atoms with van der Waals surface area (Å²) in [6, 6.07) is 0. The van der Waals surface area contributed by atoms with Crippen molar-refractivity contribution in [3.63, 3.8) is 0 Å². The molecule has 0 atom stereocenters. The van der Waals surface area contributed by atoms with Crippen molar-refractivity contribution in [2.75, 3.05) is 0 Å². The number of hydrogen-bond acceptors (Lipinski definition) is 6. The average molecular weight is 276 g/mol. The van der Waals surface area contributed by atoms with E-state index in [4.69, 9.17) is 11.6 Å². The van der Waals surface area contributed by atoms with Gasteiger partial charge in [0.2, 0.25) is 5.16 Å². The van der Waals surface area contributed by atoms with Crippen LogP contribution in [0.15, 0.2) is 15.7 Å². The van der Waals surface area contributed by atoms with E-state index in [1.54, 1.807) is 10.9 Å². The van der Waals surface area contributed by atoms with Crippen LogP contribution in [0, 0.1) is 0 Å². The standard InChI is InChI=1S/C8H10ClN5S2/c1-8(2,3)14-6(11-12-13-14)16-7-10-4-5(9)15-7/h4H,1-3H3. The van der Waals surface area contributed by atoms with Crippen LogP contribution in [0.5, 0.6) is 0 Å². The van der Waals surface area contributed by atoms with Crippen LogP contribution in [0.3, 0.4) is 0 Å². The molecule has 0 aromatic carbocycles. The molecule has 0 aliphatic heterocycles. The molecule has 2 aromatic rings. The first-order valence-electron chi connectivity index (χ1n) is 4.55. The molecule has 8 heteroatoms. The highest BCUT2D eigenvalue weighted by Gasteiger charge is 2.21. The summed E-state index contributed by atoms with van der Waals surface area (Å²) < 4.78 is 3.27. The monoisotopic (exact) mass is 275 g/mol. The van der Waals surface area contributed by atoms with Crippen molar-refractivity contribution < 1.29 is 0 Å². The normalized spacial score (nSPS) is 12.0. The highest BCUT2D eigenvalue weighted by molar-refractivity contribution is 8.00. The Morgan fingerprint density at radius 3 is 2.75 bits per heavy atom. The highest BCUT2D eigenvalue weighted by Crippen LogP contribution is 2.32. The van der Waals surface area contributed by atoms with Crippen molar-refractivity contribution in [1.29, 1.82) is 0 Å². The molecule has 2 heterocycles. The van der Waals surface area contributed by atoms with Crippen molar-refractivity contribution in [3.8, 4) is 0 Å². The molecule has 0 saturated carbocycles. The summed E-state index contributed by atoms with van der Waals surface area (Å²) in [5.41, 5.74) is -0.146. The predicted octanol–water partition coefficient (Wildman–Crippen LogP) is 2.69. The molecular weight excluding hydrogens is 266 g/mol. The van der Waals surface area contributed by atoms with Crippen molar-refractivity contribution in [1.82, 2.24) is 25.2 Å². The molecule has 0 unspecified atom stereocenters. The summed E-state index contributed by atoms with van der Waals surface area (Å²) in [7, 11) is 0. The first-order valence-corrected chi connectivity index (χ1v) is 6.56. The van der Waals surface area contributed by atoms with E-state index in [1.807, 2.05) is 20.8 Å². The van der Waals surface area contributed by atoms with Crippen LogP contribution in [0.2, 0.25) is 4.34 Å². The average Bonchev–Trinajstić information content (AvgIpc) is 2.74. The third kappa shape index (κ3) is 2.53. The van der Waals surface area contributed by atoms with E-state index in [0.717, 1.165) is 9.50 Å². The van der Waals surface area contributed by atoms with Crippen LogP contribution >= 0.6 is 34.7 Å². The Morgan fingerprint density at radius 1 is 1.44 bits per heavy atom. The van der Waals surface area contributed by atoms with Gasteiger partial charge in [0.1, 0.15) is 4.34 Å². The molecule has 0 aliphatic carbocycles. The second-order valence-corrected chi connectivity index (χ2v) is 6.95. The minimum Gasteiger partial charge on any atom is -0.236 e. The summed E-state index contributed by atoms with van der Waals surface area (Å²) in [5.74, 6) is 0. The lowest BCUT2D eigenvalue weighted by Crippen LogP contribution is -2.24. The first-order chi connectivity index (χ1) is 7.47. The first kappa shape index (κ1) is 11.8. The lowest BCUT2D eigenvalue weighted by Gasteiger charge is -2.18. The van der Waals surface area contributed by atoms with Gasteiger partial charge in [-0.15, -0.1) is 5.10 Å². The van der Waals surface area contributed by atoms with Gasteiger partial charge >= 0.3 is 0 Å². The molecule has 2 rings (SSSR count). The van der Waals surface area contributed by atoms with Gasteiger partial charge in [-0.2, -0.15) is 0 Å². The van der Waals surface area contributed by atoms with E-state index in [-0.39, 0.29) is 5.54 Å². The zero-order chi connectivity index (χ0) is 11.8. The fraction of sp³-hybridized carbons (Fsp3) is 0.500. The molecule has 0 aliphatic rings. The number of aromatic nitrogens is 5. The summed E-state index contributed by atoms with van der Waals surface area (Å²) in [6.07, 6.45) is 1.62. The third-order valence-corrected chi connectivity index (χ3v) is 3.84. The van der Waals surface area contributed by atoms with Crippen LogP contribution in [-0.2, 0) is 5.54 Å². The minimum atomic E-state index is -0.146. The molecule has 0 N–H and O–H groups in total. The quantitative estimate of drug-likeness (QED) is 0.843. The Bertz CT molecular complexity index is 487. The van der Waals surface area contributed by atoms with E-state index in [2.05, 4.69) is 20.5 Å². The number of tetrazole rings is 1. The van der Waals surface area contributed by atoms with Crippen LogP contribution in [-0.4, -0.2) is 25.2 Å². The Balaban J connectivity index is 2.25. The summed E-state index contributed by atoms with van der Waals surface area (Å²) >= 11 is 8.65. The van der Waals surface area contributed by atoms with Gasteiger partial charge in [0, 0.05) is 0 Å².